The van der Waals surface area contributed by atoms with Crippen LogP contribution in [0.3, 0.4) is 0 Å². The first-order valence-electron chi connectivity index (χ1n) is 9.19. The van der Waals surface area contributed by atoms with Crippen LogP contribution in [0.25, 0.3) is 0 Å². The van der Waals surface area contributed by atoms with Gasteiger partial charge in [-0.05, 0) is 43.0 Å². The fraction of sp³-hybridized carbons (Fsp3) is 0.421. The van der Waals surface area contributed by atoms with Gasteiger partial charge in [-0.3, -0.25) is 4.79 Å². The third-order valence-corrected chi connectivity index (χ3v) is 5.44. The molecule has 9 heteroatoms. The number of aryl methyl sites for hydroxylation is 1. The normalized spacial score (nSPS) is 17.5. The Balaban J connectivity index is 1.74. The van der Waals surface area contributed by atoms with Crippen LogP contribution in [0.2, 0.25) is 0 Å². The lowest BCUT2D eigenvalue weighted by atomic mass is 9.77. The van der Waals surface area contributed by atoms with E-state index in [2.05, 4.69) is 25.3 Å². The Labute approximate surface area is 160 Å². The first-order valence-corrected chi connectivity index (χ1v) is 9.19. The van der Waals surface area contributed by atoms with E-state index in [1.807, 2.05) is 13.0 Å². The number of alkyl halides is 2. The molecule has 1 aromatic carbocycles. The second-order valence-electron chi connectivity index (χ2n) is 7.25. The maximum absolute atomic E-state index is 12.7. The van der Waals surface area contributed by atoms with Crippen molar-refractivity contribution in [3.63, 3.8) is 0 Å². The third-order valence-electron chi connectivity index (χ3n) is 5.44. The molecule has 0 radical (unpaired) electrons. The molecule has 0 unspecified atom stereocenters. The molecule has 1 fully saturated rings. The summed E-state index contributed by atoms with van der Waals surface area (Å²) in [7, 11) is 0. The first-order chi connectivity index (χ1) is 13.4. The summed E-state index contributed by atoms with van der Waals surface area (Å²) < 4.78 is 30.0. The van der Waals surface area contributed by atoms with Gasteiger partial charge < -0.3 is 21.1 Å². The van der Waals surface area contributed by atoms with Crippen molar-refractivity contribution in [2.75, 3.05) is 11.1 Å². The monoisotopic (exact) mass is 389 g/mol. The SMILES string of the molecule is Cc1cc(Nc2ncnc(N)c2OC(F)F)cc2c1C(=O)NC21CCCCC1. The minimum absolute atomic E-state index is 0.0436. The molecule has 2 aromatic rings. The summed E-state index contributed by atoms with van der Waals surface area (Å²) in [5.41, 5.74) is 8.37. The molecule has 1 aliphatic heterocycles. The molecule has 4 rings (SSSR count). The summed E-state index contributed by atoms with van der Waals surface area (Å²) in [6, 6.07) is 3.67. The largest absolute Gasteiger partial charge is 0.427 e. The molecule has 1 saturated carbocycles. The molecule has 1 aromatic heterocycles. The van der Waals surface area contributed by atoms with Crippen molar-refractivity contribution < 1.29 is 18.3 Å². The zero-order valence-electron chi connectivity index (χ0n) is 15.4. The average molecular weight is 389 g/mol. The Hall–Kier alpha value is -2.97. The summed E-state index contributed by atoms with van der Waals surface area (Å²) in [6.07, 6.45) is 6.18. The van der Waals surface area contributed by atoms with Gasteiger partial charge in [0.15, 0.2) is 11.6 Å². The first kappa shape index (κ1) is 18.4. The van der Waals surface area contributed by atoms with Gasteiger partial charge in [0.05, 0.1) is 5.54 Å². The van der Waals surface area contributed by atoms with Crippen LogP contribution in [-0.4, -0.2) is 22.5 Å². The zero-order chi connectivity index (χ0) is 19.9. The van der Waals surface area contributed by atoms with Crippen molar-refractivity contribution in [3.8, 4) is 5.75 Å². The quantitative estimate of drug-likeness (QED) is 0.738. The Morgan fingerprint density at radius 1 is 1.25 bits per heavy atom. The number of nitrogens with zero attached hydrogens (tertiary/aromatic N) is 2. The van der Waals surface area contributed by atoms with Crippen LogP contribution in [0.1, 0.15) is 53.6 Å². The molecule has 1 spiro atoms. The smallest absolute Gasteiger partial charge is 0.387 e. The van der Waals surface area contributed by atoms with E-state index in [1.165, 1.54) is 6.33 Å². The number of amides is 1. The van der Waals surface area contributed by atoms with E-state index in [-0.39, 0.29) is 28.8 Å². The molecule has 0 atom stereocenters. The van der Waals surface area contributed by atoms with E-state index in [1.54, 1.807) is 6.07 Å². The number of aromatic nitrogens is 2. The minimum Gasteiger partial charge on any atom is -0.427 e. The van der Waals surface area contributed by atoms with E-state index in [9.17, 15) is 13.6 Å². The van der Waals surface area contributed by atoms with Crippen LogP contribution in [0.4, 0.5) is 26.1 Å². The molecule has 1 aliphatic carbocycles. The molecule has 0 bridgehead atoms. The number of hydrogen-bond acceptors (Lipinski definition) is 6. The van der Waals surface area contributed by atoms with Gasteiger partial charge in [-0.15, -0.1) is 0 Å². The van der Waals surface area contributed by atoms with Gasteiger partial charge in [-0.25, -0.2) is 9.97 Å². The lowest BCUT2D eigenvalue weighted by Gasteiger charge is -2.34. The number of rotatable bonds is 4. The molecule has 28 heavy (non-hydrogen) atoms. The summed E-state index contributed by atoms with van der Waals surface area (Å²) in [5.74, 6) is -0.510. The lowest BCUT2D eigenvalue weighted by molar-refractivity contribution is -0.0492. The fourth-order valence-electron chi connectivity index (χ4n) is 4.25. The second kappa shape index (κ2) is 6.88. The van der Waals surface area contributed by atoms with E-state index in [4.69, 9.17) is 5.73 Å². The van der Waals surface area contributed by atoms with Gasteiger partial charge >= 0.3 is 6.61 Å². The van der Waals surface area contributed by atoms with Crippen LogP contribution < -0.4 is 21.1 Å². The standard InChI is InChI=1S/C19H21F2N5O2/c1-10-7-11(25-16-14(28-18(20)21)15(22)23-9-24-16)8-12-13(10)17(27)26-19(12)5-3-2-4-6-19/h7-9,18H,2-6H2,1H3,(H,26,27)(H3,22,23,24,25). The number of hydrogen-bond donors (Lipinski definition) is 3. The summed E-state index contributed by atoms with van der Waals surface area (Å²) in [4.78, 5) is 20.3. The topological polar surface area (TPSA) is 102 Å². The van der Waals surface area contributed by atoms with Gasteiger partial charge in [-0.2, -0.15) is 8.78 Å². The average Bonchev–Trinajstić information content (AvgIpc) is 2.90. The van der Waals surface area contributed by atoms with Crippen molar-refractivity contribution in [3.05, 3.63) is 35.2 Å². The number of fused-ring (bicyclic) bond motifs is 2. The van der Waals surface area contributed by atoms with E-state index >= 15 is 0 Å². The number of carbonyl (C=O) groups is 1. The van der Waals surface area contributed by atoms with Gasteiger partial charge in [-0.1, -0.05) is 19.3 Å². The van der Waals surface area contributed by atoms with Gasteiger partial charge in [0.25, 0.3) is 5.91 Å². The molecule has 2 heterocycles. The highest BCUT2D eigenvalue weighted by Gasteiger charge is 2.44. The molecular weight excluding hydrogens is 368 g/mol. The maximum atomic E-state index is 12.7. The van der Waals surface area contributed by atoms with Crippen LogP contribution in [0.15, 0.2) is 18.5 Å². The van der Waals surface area contributed by atoms with Crippen molar-refractivity contribution in [1.29, 1.82) is 0 Å². The van der Waals surface area contributed by atoms with Crippen LogP contribution in [-0.2, 0) is 5.54 Å². The number of anilines is 3. The predicted molar refractivity (Wildman–Crippen MR) is 99.8 cm³/mol. The lowest BCUT2D eigenvalue weighted by Crippen LogP contribution is -2.40. The van der Waals surface area contributed by atoms with Crippen LogP contribution >= 0.6 is 0 Å². The third kappa shape index (κ3) is 3.10. The summed E-state index contributed by atoms with van der Waals surface area (Å²) in [5, 5.41) is 6.17. The van der Waals surface area contributed by atoms with Crippen LogP contribution in [0, 0.1) is 6.92 Å². The Kier molecular flexibility index (Phi) is 4.52. The summed E-state index contributed by atoms with van der Waals surface area (Å²) >= 11 is 0. The Bertz CT molecular complexity index is 929. The van der Waals surface area contributed by atoms with Gasteiger partial charge in [0.2, 0.25) is 5.75 Å². The molecule has 4 N–H and O–H groups in total. The number of halogens is 2. The maximum Gasteiger partial charge on any atom is 0.387 e. The Morgan fingerprint density at radius 3 is 2.71 bits per heavy atom. The number of nitrogens with one attached hydrogen (secondary N) is 2. The molecule has 148 valence electrons. The molecule has 1 amide bonds. The number of nitrogens with two attached hydrogens (primary N) is 1. The van der Waals surface area contributed by atoms with E-state index in [0.29, 0.717) is 11.3 Å². The second-order valence-corrected chi connectivity index (χ2v) is 7.25. The molecule has 2 aliphatic rings. The predicted octanol–water partition coefficient (Wildman–Crippen LogP) is 3.62. The highest BCUT2D eigenvalue weighted by Crippen LogP contribution is 2.45. The zero-order valence-corrected chi connectivity index (χ0v) is 15.4. The molecule has 7 nitrogen and oxygen atoms in total. The molecule has 0 saturated heterocycles. The molecular formula is C19H21F2N5O2. The number of benzene rings is 1. The minimum atomic E-state index is -3.05. The number of nitrogen functional groups attached to an aromatic ring is 1. The van der Waals surface area contributed by atoms with E-state index < -0.39 is 6.61 Å². The number of carbonyl (C=O) groups excluding carboxylic acids is 1. The van der Waals surface area contributed by atoms with Crippen molar-refractivity contribution in [2.45, 2.75) is 51.2 Å². The van der Waals surface area contributed by atoms with Crippen molar-refractivity contribution >= 4 is 23.2 Å². The van der Waals surface area contributed by atoms with Gasteiger partial charge in [0, 0.05) is 11.3 Å². The van der Waals surface area contributed by atoms with Crippen molar-refractivity contribution in [1.82, 2.24) is 15.3 Å². The Morgan fingerprint density at radius 2 is 2.00 bits per heavy atom. The van der Waals surface area contributed by atoms with E-state index in [0.717, 1.165) is 43.2 Å². The van der Waals surface area contributed by atoms with Gasteiger partial charge in [0.1, 0.15) is 6.33 Å². The fourth-order valence-corrected chi connectivity index (χ4v) is 4.25. The summed E-state index contributed by atoms with van der Waals surface area (Å²) in [6.45, 7) is -1.20. The number of ether oxygens (including phenoxy) is 1. The van der Waals surface area contributed by atoms with Crippen LogP contribution in [0.5, 0.6) is 5.75 Å². The highest BCUT2D eigenvalue weighted by molar-refractivity contribution is 6.02. The van der Waals surface area contributed by atoms with Crippen molar-refractivity contribution in [2.24, 2.45) is 0 Å². The highest BCUT2D eigenvalue weighted by atomic mass is 19.3.